The lowest BCUT2D eigenvalue weighted by atomic mass is 9.93. The second-order valence-electron chi connectivity index (χ2n) is 4.98. The number of hydrogen-bond donors (Lipinski definition) is 2. The second kappa shape index (κ2) is 4.44. The van der Waals surface area contributed by atoms with Gasteiger partial charge in [-0.3, -0.25) is 9.59 Å². The molecule has 18 heavy (non-hydrogen) atoms. The van der Waals surface area contributed by atoms with E-state index >= 15 is 0 Å². The topological polar surface area (TPSA) is 66.4 Å². The fraction of sp³-hybridized carbons (Fsp3) is 0.429. The number of amides is 1. The summed E-state index contributed by atoms with van der Waals surface area (Å²) in [5.74, 6) is -1.19. The molecule has 1 aliphatic carbocycles. The van der Waals surface area contributed by atoms with Gasteiger partial charge in [-0.05, 0) is 32.3 Å². The average Bonchev–Trinajstić information content (AvgIpc) is 3.09. The molecule has 0 unspecified atom stereocenters. The van der Waals surface area contributed by atoms with Crippen LogP contribution in [0, 0.1) is 6.92 Å². The van der Waals surface area contributed by atoms with Crippen molar-refractivity contribution in [3.05, 3.63) is 35.4 Å². The highest BCUT2D eigenvalue weighted by Gasteiger charge is 2.51. The Morgan fingerprint density at radius 3 is 2.56 bits per heavy atom. The highest BCUT2D eigenvalue weighted by atomic mass is 16.4. The molecule has 0 aliphatic heterocycles. The molecular formula is C14H17NO3. The van der Waals surface area contributed by atoms with Crippen LogP contribution in [0.4, 0.5) is 0 Å². The van der Waals surface area contributed by atoms with Gasteiger partial charge in [-0.1, -0.05) is 29.8 Å². The molecule has 1 aromatic carbocycles. The molecule has 4 nitrogen and oxygen atoms in total. The van der Waals surface area contributed by atoms with Crippen LogP contribution in [0.1, 0.15) is 30.9 Å². The first-order valence-electron chi connectivity index (χ1n) is 6.07. The van der Waals surface area contributed by atoms with Crippen LogP contribution in [0.5, 0.6) is 0 Å². The molecule has 0 saturated heterocycles. The third kappa shape index (κ3) is 2.23. The lowest BCUT2D eigenvalue weighted by Crippen LogP contribution is -2.43. The van der Waals surface area contributed by atoms with E-state index in [0.29, 0.717) is 0 Å². The van der Waals surface area contributed by atoms with Gasteiger partial charge in [0, 0.05) is 0 Å². The van der Waals surface area contributed by atoms with E-state index in [2.05, 4.69) is 5.32 Å². The van der Waals surface area contributed by atoms with Crippen molar-refractivity contribution in [2.24, 2.45) is 0 Å². The predicted octanol–water partition coefficient (Wildman–Crippen LogP) is 1.62. The molecule has 1 aromatic rings. The number of benzene rings is 1. The van der Waals surface area contributed by atoms with E-state index in [1.54, 1.807) is 0 Å². The number of rotatable bonds is 4. The van der Waals surface area contributed by atoms with E-state index in [1.807, 2.05) is 31.2 Å². The van der Waals surface area contributed by atoms with Crippen LogP contribution < -0.4 is 5.32 Å². The van der Waals surface area contributed by atoms with E-state index in [1.165, 1.54) is 6.92 Å². The molecule has 1 atom stereocenters. The third-order valence-corrected chi connectivity index (χ3v) is 3.47. The summed E-state index contributed by atoms with van der Waals surface area (Å²) in [6.45, 7) is 3.46. The minimum Gasteiger partial charge on any atom is -0.480 e. The largest absolute Gasteiger partial charge is 0.480 e. The number of aliphatic carboxylic acids is 1. The first-order chi connectivity index (χ1) is 8.45. The molecule has 1 saturated carbocycles. The molecular weight excluding hydrogens is 230 g/mol. The van der Waals surface area contributed by atoms with Gasteiger partial charge in [0.1, 0.15) is 6.04 Å². The monoisotopic (exact) mass is 247 g/mol. The third-order valence-electron chi connectivity index (χ3n) is 3.47. The van der Waals surface area contributed by atoms with Crippen molar-refractivity contribution >= 4 is 11.9 Å². The molecule has 1 amide bonds. The Kier molecular flexibility index (Phi) is 3.11. The van der Waals surface area contributed by atoms with Crippen molar-refractivity contribution in [1.29, 1.82) is 0 Å². The quantitative estimate of drug-likeness (QED) is 0.849. The zero-order valence-corrected chi connectivity index (χ0v) is 10.6. The van der Waals surface area contributed by atoms with Gasteiger partial charge >= 0.3 is 5.97 Å². The molecule has 1 fully saturated rings. The normalized spacial score (nSPS) is 17.9. The van der Waals surface area contributed by atoms with Crippen LogP contribution in [0.15, 0.2) is 24.3 Å². The highest BCUT2D eigenvalue weighted by molar-refractivity contribution is 5.93. The summed E-state index contributed by atoms with van der Waals surface area (Å²) >= 11 is 0. The SMILES string of the molecule is Cc1cccc(C2(C(=O)N[C@H](C)C(=O)O)CC2)c1. The number of carboxylic acid groups (broad SMARTS) is 1. The molecule has 2 N–H and O–H groups in total. The zero-order chi connectivity index (χ0) is 13.3. The van der Waals surface area contributed by atoms with Gasteiger partial charge in [-0.15, -0.1) is 0 Å². The molecule has 2 rings (SSSR count). The lowest BCUT2D eigenvalue weighted by Gasteiger charge is -2.18. The summed E-state index contributed by atoms with van der Waals surface area (Å²) in [6, 6.07) is 7.00. The highest BCUT2D eigenvalue weighted by Crippen LogP contribution is 2.48. The molecule has 0 aromatic heterocycles. The van der Waals surface area contributed by atoms with Crippen LogP contribution in [0.2, 0.25) is 0 Å². The Hall–Kier alpha value is -1.84. The maximum atomic E-state index is 12.2. The number of aryl methyl sites for hydroxylation is 1. The molecule has 1 aliphatic rings. The van der Waals surface area contributed by atoms with Gasteiger partial charge < -0.3 is 10.4 Å². The van der Waals surface area contributed by atoms with Crippen molar-refractivity contribution < 1.29 is 14.7 Å². The van der Waals surface area contributed by atoms with Crippen molar-refractivity contribution in [2.45, 2.75) is 38.1 Å². The van der Waals surface area contributed by atoms with E-state index in [4.69, 9.17) is 5.11 Å². The van der Waals surface area contributed by atoms with Crippen LogP contribution >= 0.6 is 0 Å². The zero-order valence-electron chi connectivity index (χ0n) is 10.6. The van der Waals surface area contributed by atoms with Crippen molar-refractivity contribution in [1.82, 2.24) is 5.32 Å². The van der Waals surface area contributed by atoms with E-state index < -0.39 is 17.4 Å². The van der Waals surface area contributed by atoms with Gasteiger partial charge in [-0.2, -0.15) is 0 Å². The second-order valence-corrected chi connectivity index (χ2v) is 4.98. The van der Waals surface area contributed by atoms with Crippen molar-refractivity contribution in [3.63, 3.8) is 0 Å². The number of carboxylic acids is 1. The van der Waals surface area contributed by atoms with Crippen LogP contribution in [-0.2, 0) is 15.0 Å². The standard InChI is InChI=1S/C14H17NO3/c1-9-4-3-5-11(8-9)14(6-7-14)13(18)15-10(2)12(16)17/h3-5,8,10H,6-7H2,1-2H3,(H,15,18)(H,16,17)/t10-/m1/s1. The van der Waals surface area contributed by atoms with Gasteiger partial charge in [0.05, 0.1) is 5.41 Å². The number of carbonyl (C=O) groups excluding carboxylic acids is 1. The van der Waals surface area contributed by atoms with E-state index in [9.17, 15) is 9.59 Å². The van der Waals surface area contributed by atoms with E-state index in [-0.39, 0.29) is 5.91 Å². The molecule has 0 heterocycles. The fourth-order valence-corrected chi connectivity index (χ4v) is 2.11. The smallest absolute Gasteiger partial charge is 0.325 e. The predicted molar refractivity (Wildman–Crippen MR) is 67.3 cm³/mol. The Morgan fingerprint density at radius 2 is 2.06 bits per heavy atom. The summed E-state index contributed by atoms with van der Waals surface area (Å²) in [6.07, 6.45) is 1.57. The summed E-state index contributed by atoms with van der Waals surface area (Å²) in [5, 5.41) is 11.4. The summed E-state index contributed by atoms with van der Waals surface area (Å²) in [7, 11) is 0. The molecule has 4 heteroatoms. The first kappa shape index (κ1) is 12.6. The van der Waals surface area contributed by atoms with Crippen LogP contribution in [0.3, 0.4) is 0 Å². The first-order valence-corrected chi connectivity index (χ1v) is 6.07. The lowest BCUT2D eigenvalue weighted by molar-refractivity contribution is -0.141. The maximum Gasteiger partial charge on any atom is 0.325 e. The Balaban J connectivity index is 2.17. The number of nitrogens with one attached hydrogen (secondary N) is 1. The minimum atomic E-state index is -1.01. The Labute approximate surface area is 106 Å². The summed E-state index contributed by atoms with van der Waals surface area (Å²) < 4.78 is 0. The van der Waals surface area contributed by atoms with Crippen molar-refractivity contribution in [3.8, 4) is 0 Å². The summed E-state index contributed by atoms with van der Waals surface area (Å²) in [4.78, 5) is 22.9. The van der Waals surface area contributed by atoms with E-state index in [0.717, 1.165) is 24.0 Å². The number of carbonyl (C=O) groups is 2. The Bertz CT molecular complexity index is 492. The molecule has 0 spiro atoms. The van der Waals surface area contributed by atoms with Crippen molar-refractivity contribution in [2.75, 3.05) is 0 Å². The van der Waals surface area contributed by atoms with Gasteiger partial charge in [-0.25, -0.2) is 0 Å². The number of hydrogen-bond acceptors (Lipinski definition) is 2. The minimum absolute atomic E-state index is 0.178. The molecule has 0 radical (unpaired) electrons. The maximum absolute atomic E-state index is 12.2. The van der Waals surface area contributed by atoms with Crippen LogP contribution in [-0.4, -0.2) is 23.0 Å². The fourth-order valence-electron chi connectivity index (χ4n) is 2.11. The summed E-state index contributed by atoms with van der Waals surface area (Å²) in [5.41, 5.74) is 1.59. The Morgan fingerprint density at radius 1 is 1.39 bits per heavy atom. The van der Waals surface area contributed by atoms with Crippen LogP contribution in [0.25, 0.3) is 0 Å². The van der Waals surface area contributed by atoms with Gasteiger partial charge in [0.25, 0.3) is 0 Å². The van der Waals surface area contributed by atoms with Gasteiger partial charge in [0.2, 0.25) is 5.91 Å². The van der Waals surface area contributed by atoms with Gasteiger partial charge in [0.15, 0.2) is 0 Å². The molecule has 96 valence electrons. The average molecular weight is 247 g/mol. The molecule has 0 bridgehead atoms.